The van der Waals surface area contributed by atoms with Crippen molar-refractivity contribution in [1.82, 2.24) is 29.9 Å². The van der Waals surface area contributed by atoms with Crippen LogP contribution in [0.1, 0.15) is 84.2 Å². The molecule has 3 spiro atoms. The number of hydrogen-bond acceptors (Lipinski definition) is 7. The van der Waals surface area contributed by atoms with E-state index in [-0.39, 0.29) is 0 Å². The number of aryl methyl sites for hydroxylation is 1. The summed E-state index contributed by atoms with van der Waals surface area (Å²) in [4.78, 5) is 32.7. The second kappa shape index (κ2) is 11.7. The van der Waals surface area contributed by atoms with Gasteiger partial charge in [0.1, 0.15) is 16.2 Å². The van der Waals surface area contributed by atoms with E-state index in [1.807, 2.05) is 61.7 Å². The third kappa shape index (κ3) is 3.96. The van der Waals surface area contributed by atoms with Crippen LogP contribution in [-0.4, -0.2) is 29.9 Å². The molecule has 7 nitrogen and oxygen atoms in total. The summed E-state index contributed by atoms with van der Waals surface area (Å²) < 4.78 is 88.2. The summed E-state index contributed by atoms with van der Waals surface area (Å²) in [5.74, 6) is 0. The molecule has 0 N–H and O–H groups in total. The number of para-hydroxylation sites is 3. The van der Waals surface area contributed by atoms with Gasteiger partial charge in [-0.15, -0.1) is 0 Å². The van der Waals surface area contributed by atoms with Crippen LogP contribution in [0.25, 0.3) is 33.4 Å². The van der Waals surface area contributed by atoms with Crippen LogP contribution in [0.15, 0.2) is 146 Å². The summed E-state index contributed by atoms with van der Waals surface area (Å²) in [6, 6.07) is 33.5. The molecule has 6 aliphatic rings. The molecule has 3 aliphatic carbocycles. The van der Waals surface area contributed by atoms with E-state index in [2.05, 4.69) is 29.2 Å². The van der Waals surface area contributed by atoms with Gasteiger partial charge in [0.2, 0.25) is 0 Å². The Balaban J connectivity index is 1.19. The average molecular weight is 888 g/mol. The van der Waals surface area contributed by atoms with Gasteiger partial charge in [-0.1, -0.05) is 72.8 Å². The van der Waals surface area contributed by atoms with Gasteiger partial charge >= 0.3 is 12.4 Å². The molecule has 3 aliphatic heterocycles. The fourth-order valence-electron chi connectivity index (χ4n) is 12.9. The van der Waals surface area contributed by atoms with Gasteiger partial charge in [-0.25, -0.2) is 0 Å². The Morgan fingerprint density at radius 2 is 0.687 bits per heavy atom. The molecule has 2 atom stereocenters. The van der Waals surface area contributed by atoms with E-state index in [4.69, 9.17) is 29.9 Å². The van der Waals surface area contributed by atoms with Crippen LogP contribution in [0.2, 0.25) is 0 Å². The number of fused-ring (bicyclic) bond motifs is 21. The van der Waals surface area contributed by atoms with E-state index in [0.29, 0.717) is 61.8 Å². The number of aromatic nitrogens is 6. The lowest BCUT2D eigenvalue weighted by Crippen LogP contribution is -2.48. The predicted molar refractivity (Wildman–Crippen MR) is 235 cm³/mol. The van der Waals surface area contributed by atoms with Crippen LogP contribution in [-0.2, 0) is 28.6 Å². The zero-order valence-corrected chi connectivity index (χ0v) is 34.8. The summed E-state index contributed by atoms with van der Waals surface area (Å²) in [5, 5.41) is 0. The molecule has 6 aromatic heterocycles. The normalized spacial score (nSPS) is 20.9. The highest BCUT2D eigenvalue weighted by atomic mass is 19.4. The van der Waals surface area contributed by atoms with E-state index in [1.54, 1.807) is 42.9 Å². The number of benzene rings is 3. The lowest BCUT2D eigenvalue weighted by atomic mass is 9.56. The number of anilines is 3. The molecule has 15 rings (SSSR count). The molecular weight excluding hydrogens is 861 g/mol. The molecule has 320 valence electrons. The summed E-state index contributed by atoms with van der Waals surface area (Å²) in [5.41, 5.74) is 8.59. The number of hydrogen-bond donors (Lipinski definition) is 0. The van der Waals surface area contributed by atoms with Crippen LogP contribution < -0.4 is 4.90 Å². The second-order valence-electron chi connectivity index (χ2n) is 18.0. The van der Waals surface area contributed by atoms with Crippen molar-refractivity contribution in [3.63, 3.8) is 0 Å². The maximum Gasteiger partial charge on any atom is 0.417 e. The minimum absolute atomic E-state index is 0.300. The fraction of sp³-hybridized carbons (Fsp3) is 0.111. The molecule has 0 saturated carbocycles. The average Bonchev–Trinajstić information content (AvgIpc) is 3.91. The smallest absolute Gasteiger partial charge is 0.308 e. The fourth-order valence-corrected chi connectivity index (χ4v) is 12.9. The lowest BCUT2D eigenvalue weighted by Gasteiger charge is -2.55. The topological polar surface area (TPSA) is 80.6 Å². The van der Waals surface area contributed by atoms with Crippen LogP contribution in [0.4, 0.5) is 43.4 Å². The molecule has 0 fully saturated rings. The highest BCUT2D eigenvalue weighted by molar-refractivity contribution is 6.06. The number of pyridine rings is 6. The third-order valence-electron chi connectivity index (χ3n) is 15.1. The Morgan fingerprint density at radius 3 is 1.03 bits per heavy atom. The van der Waals surface area contributed by atoms with Crippen molar-refractivity contribution in [3.8, 4) is 33.4 Å². The summed E-state index contributed by atoms with van der Waals surface area (Å²) >= 11 is 0. The molecule has 3 aromatic carbocycles. The zero-order chi connectivity index (χ0) is 45.1. The summed E-state index contributed by atoms with van der Waals surface area (Å²) in [6.07, 6.45) is -0.638. The van der Waals surface area contributed by atoms with Gasteiger partial charge in [-0.05, 0) is 82.3 Å². The van der Waals surface area contributed by atoms with Gasteiger partial charge in [0, 0.05) is 70.6 Å². The van der Waals surface area contributed by atoms with Crippen LogP contribution in [0, 0.1) is 6.92 Å². The maximum absolute atomic E-state index is 14.7. The Morgan fingerprint density at radius 1 is 0.373 bits per heavy atom. The number of alkyl halides is 6. The lowest BCUT2D eigenvalue weighted by molar-refractivity contribution is -0.138. The van der Waals surface area contributed by atoms with Gasteiger partial charge in [-0.2, -0.15) is 26.3 Å². The maximum atomic E-state index is 14.7. The van der Waals surface area contributed by atoms with E-state index >= 15 is 0 Å². The van der Waals surface area contributed by atoms with Crippen molar-refractivity contribution >= 4 is 17.1 Å². The van der Waals surface area contributed by atoms with Crippen molar-refractivity contribution in [2.75, 3.05) is 4.90 Å². The summed E-state index contributed by atoms with van der Waals surface area (Å²) in [7, 11) is 0. The van der Waals surface area contributed by atoms with Crippen molar-refractivity contribution in [2.45, 2.75) is 35.5 Å². The SMILES string of the molecule is Cc1cnc2c(c1)-c1cccnc1C21c2cccc3c2N2c4c1cccc4C1(c4cccc(c42)C32c3ncccc3-c3cc(C(F)(F)F)cnc32)c2ncccc2-c2cc(C(F)(F)F)cnc21. The molecule has 0 saturated heterocycles. The first kappa shape index (κ1) is 37.2. The van der Waals surface area contributed by atoms with E-state index in [1.165, 1.54) is 12.1 Å². The van der Waals surface area contributed by atoms with E-state index in [9.17, 15) is 26.3 Å². The van der Waals surface area contributed by atoms with Crippen molar-refractivity contribution < 1.29 is 26.3 Å². The quantitative estimate of drug-likeness (QED) is 0.140. The number of nitrogens with zero attached hydrogens (tertiary/aromatic N) is 7. The second-order valence-corrected chi connectivity index (χ2v) is 18.0. The van der Waals surface area contributed by atoms with Crippen LogP contribution in [0.3, 0.4) is 0 Å². The van der Waals surface area contributed by atoms with Crippen LogP contribution >= 0.6 is 0 Å². The first-order chi connectivity index (χ1) is 32.4. The molecule has 0 radical (unpaired) electrons. The van der Waals surface area contributed by atoms with E-state index < -0.39 is 39.7 Å². The predicted octanol–water partition coefficient (Wildman–Crippen LogP) is 11.9. The molecule has 9 heterocycles. The minimum Gasteiger partial charge on any atom is -0.308 e. The summed E-state index contributed by atoms with van der Waals surface area (Å²) in [6.45, 7) is 2.00. The molecule has 9 aromatic rings. The highest BCUT2D eigenvalue weighted by Crippen LogP contribution is 2.74. The minimum atomic E-state index is -4.68. The van der Waals surface area contributed by atoms with Crippen LogP contribution in [0.5, 0.6) is 0 Å². The Bertz CT molecular complexity index is 3610. The van der Waals surface area contributed by atoms with Crippen molar-refractivity contribution in [2.24, 2.45) is 0 Å². The number of rotatable bonds is 0. The van der Waals surface area contributed by atoms with Gasteiger partial charge < -0.3 is 4.90 Å². The van der Waals surface area contributed by atoms with Crippen molar-refractivity contribution in [1.29, 1.82) is 0 Å². The van der Waals surface area contributed by atoms with Gasteiger partial charge in [-0.3, -0.25) is 29.9 Å². The first-order valence-corrected chi connectivity index (χ1v) is 21.6. The zero-order valence-electron chi connectivity index (χ0n) is 34.8. The molecule has 0 bridgehead atoms. The standard InChI is InChI=1S/C54H27F6N7/c1-26-20-32-29-8-5-17-61-44(29)50(47(32)64-23-26)35-11-2-13-37-41(35)67-42-36(50)12-3-14-38(42)52(46-31(10-7-19-63-46)34-22-28(54(58,59)60)25-66-49(34)52)40-16-4-15-39(43(40)67)51(37)45-30(9-6-18-62-45)33-21-27(53(55,56)57)24-65-48(33)51/h2-25H,1H3. The molecular formula is C54H27F6N7. The molecule has 67 heavy (non-hydrogen) atoms. The van der Waals surface area contributed by atoms with Gasteiger partial charge in [0.25, 0.3) is 0 Å². The van der Waals surface area contributed by atoms with E-state index in [0.717, 1.165) is 74.1 Å². The highest BCUT2D eigenvalue weighted by Gasteiger charge is 2.66. The molecule has 0 amide bonds. The first-order valence-electron chi connectivity index (χ1n) is 21.6. The van der Waals surface area contributed by atoms with Gasteiger partial charge in [0.15, 0.2) is 0 Å². The third-order valence-corrected chi connectivity index (χ3v) is 15.1. The van der Waals surface area contributed by atoms with Crippen molar-refractivity contribution in [3.05, 3.63) is 231 Å². The molecule has 13 heteroatoms. The van der Waals surface area contributed by atoms with Gasteiger partial charge in [0.05, 0.1) is 62.4 Å². The largest absolute Gasteiger partial charge is 0.417 e. The monoisotopic (exact) mass is 887 g/mol. The number of halogens is 6. The Kier molecular flexibility index (Phi) is 6.47. The molecule has 2 unspecified atom stereocenters. The Labute approximate surface area is 376 Å². The Hall–Kier alpha value is -8.06.